The molecule has 0 spiro atoms. The van der Waals surface area contributed by atoms with Gasteiger partial charge in [-0.3, -0.25) is 4.90 Å². The molecule has 2 rings (SSSR count). The van der Waals surface area contributed by atoms with Gasteiger partial charge in [0.15, 0.2) is 0 Å². The van der Waals surface area contributed by atoms with E-state index in [0.717, 1.165) is 38.2 Å². The van der Waals surface area contributed by atoms with Gasteiger partial charge >= 0.3 is 0 Å². The van der Waals surface area contributed by atoms with Crippen LogP contribution in [0.4, 0.5) is 0 Å². The van der Waals surface area contributed by atoms with E-state index in [4.69, 9.17) is 4.74 Å². The first-order valence-electron chi connectivity index (χ1n) is 7.08. The van der Waals surface area contributed by atoms with Gasteiger partial charge in [0, 0.05) is 31.2 Å². The molecule has 0 amide bonds. The van der Waals surface area contributed by atoms with Gasteiger partial charge in [-0.15, -0.1) is 0 Å². The van der Waals surface area contributed by atoms with Crippen LogP contribution in [0.15, 0.2) is 0 Å². The van der Waals surface area contributed by atoms with Crippen LogP contribution in [0.2, 0.25) is 0 Å². The van der Waals surface area contributed by atoms with E-state index in [9.17, 15) is 0 Å². The Labute approximate surface area is 106 Å². The minimum absolute atomic E-state index is 0.253. The molecule has 100 valence electrons. The molecule has 1 N–H and O–H groups in total. The molecule has 1 saturated heterocycles. The van der Waals surface area contributed by atoms with Crippen molar-refractivity contribution in [1.82, 2.24) is 10.2 Å². The van der Waals surface area contributed by atoms with Crippen molar-refractivity contribution in [1.29, 1.82) is 0 Å². The van der Waals surface area contributed by atoms with Gasteiger partial charge in [0.2, 0.25) is 0 Å². The van der Waals surface area contributed by atoms with Crippen LogP contribution in [0.1, 0.15) is 40.5 Å². The highest BCUT2D eigenvalue weighted by Gasteiger charge is 2.40. The molecule has 1 unspecified atom stereocenters. The number of ether oxygens (including phenoxy) is 1. The van der Waals surface area contributed by atoms with E-state index < -0.39 is 0 Å². The third-order valence-corrected chi connectivity index (χ3v) is 3.85. The molecule has 3 nitrogen and oxygen atoms in total. The van der Waals surface area contributed by atoms with E-state index in [0.29, 0.717) is 6.10 Å². The topological polar surface area (TPSA) is 24.5 Å². The fourth-order valence-electron chi connectivity index (χ4n) is 2.79. The van der Waals surface area contributed by atoms with Crippen LogP contribution in [0.3, 0.4) is 0 Å². The third kappa shape index (κ3) is 3.94. The van der Waals surface area contributed by atoms with Gasteiger partial charge in [0.25, 0.3) is 0 Å². The Morgan fingerprint density at radius 2 is 2.06 bits per heavy atom. The largest absolute Gasteiger partial charge is 0.377 e. The molecule has 1 heterocycles. The van der Waals surface area contributed by atoms with Gasteiger partial charge in [-0.25, -0.2) is 0 Å². The Hall–Kier alpha value is -0.120. The van der Waals surface area contributed by atoms with Crippen molar-refractivity contribution in [3.05, 3.63) is 0 Å². The third-order valence-electron chi connectivity index (χ3n) is 3.85. The Balaban J connectivity index is 1.84. The van der Waals surface area contributed by atoms with Crippen LogP contribution in [0.5, 0.6) is 0 Å². The molecule has 1 aliphatic carbocycles. The molecule has 1 saturated carbocycles. The maximum Gasteiger partial charge on any atom is 0.0597 e. The van der Waals surface area contributed by atoms with Crippen LogP contribution in [-0.4, -0.2) is 48.8 Å². The number of piperazine rings is 1. The molecule has 0 aromatic heterocycles. The van der Waals surface area contributed by atoms with Gasteiger partial charge in [-0.05, 0) is 46.5 Å². The molecule has 3 heteroatoms. The second-order valence-corrected chi connectivity index (χ2v) is 6.56. The van der Waals surface area contributed by atoms with Crippen molar-refractivity contribution in [3.63, 3.8) is 0 Å². The van der Waals surface area contributed by atoms with Crippen LogP contribution in [0, 0.1) is 5.92 Å². The van der Waals surface area contributed by atoms with E-state index >= 15 is 0 Å². The minimum atomic E-state index is 0.253. The summed E-state index contributed by atoms with van der Waals surface area (Å²) in [6.07, 6.45) is 3.20. The lowest BCUT2D eigenvalue weighted by atomic mass is 9.96. The second-order valence-electron chi connectivity index (χ2n) is 6.56. The smallest absolute Gasteiger partial charge is 0.0597 e. The summed E-state index contributed by atoms with van der Waals surface area (Å²) in [5, 5.41) is 3.68. The van der Waals surface area contributed by atoms with Crippen LogP contribution in [0.25, 0.3) is 0 Å². The summed E-state index contributed by atoms with van der Waals surface area (Å²) >= 11 is 0. The minimum Gasteiger partial charge on any atom is -0.377 e. The number of hydrogen-bond donors (Lipinski definition) is 1. The summed E-state index contributed by atoms with van der Waals surface area (Å²) < 4.78 is 5.70. The summed E-state index contributed by atoms with van der Waals surface area (Å²) in [6, 6.07) is 0.749. The summed E-state index contributed by atoms with van der Waals surface area (Å²) in [5.41, 5.74) is 0.253. The van der Waals surface area contributed by atoms with E-state index in [-0.39, 0.29) is 5.54 Å². The molecular weight excluding hydrogens is 212 g/mol. The molecule has 1 atom stereocenters. The molecular formula is C14H28N2O. The van der Waals surface area contributed by atoms with E-state index in [1.165, 1.54) is 12.8 Å². The van der Waals surface area contributed by atoms with Crippen molar-refractivity contribution in [2.45, 2.75) is 58.2 Å². The molecule has 0 aromatic carbocycles. The van der Waals surface area contributed by atoms with E-state index in [1.807, 2.05) is 0 Å². The Morgan fingerprint density at radius 3 is 2.65 bits per heavy atom. The maximum absolute atomic E-state index is 5.70. The van der Waals surface area contributed by atoms with Gasteiger partial charge < -0.3 is 10.1 Å². The summed E-state index contributed by atoms with van der Waals surface area (Å²) in [4.78, 5) is 2.65. The predicted molar refractivity (Wildman–Crippen MR) is 71.3 cm³/mol. The molecule has 17 heavy (non-hydrogen) atoms. The lowest BCUT2D eigenvalue weighted by molar-refractivity contribution is 0.0217. The summed E-state index contributed by atoms with van der Waals surface area (Å²) in [5.74, 6) is 0.942. The monoisotopic (exact) mass is 240 g/mol. The molecule has 0 aromatic rings. The van der Waals surface area contributed by atoms with Crippen LogP contribution < -0.4 is 5.32 Å². The van der Waals surface area contributed by atoms with Gasteiger partial charge in [0.05, 0.1) is 12.7 Å². The maximum atomic E-state index is 5.70. The average Bonchev–Trinajstić information content (AvgIpc) is 2.99. The molecule has 0 radical (unpaired) electrons. The average molecular weight is 240 g/mol. The highest BCUT2D eigenvalue weighted by Crippen LogP contribution is 2.37. The van der Waals surface area contributed by atoms with Crippen molar-refractivity contribution in [3.8, 4) is 0 Å². The quantitative estimate of drug-likeness (QED) is 0.794. The second kappa shape index (κ2) is 5.25. The predicted octanol–water partition coefficient (Wildman–Crippen LogP) is 1.87. The lowest BCUT2D eigenvalue weighted by Crippen LogP contribution is -2.62. The number of nitrogens with one attached hydrogen (secondary N) is 1. The van der Waals surface area contributed by atoms with Crippen molar-refractivity contribution < 1.29 is 4.74 Å². The zero-order chi connectivity index (χ0) is 12.5. The van der Waals surface area contributed by atoms with Gasteiger partial charge in [0.1, 0.15) is 0 Å². The fraction of sp³-hybridized carbons (Fsp3) is 1.00. The van der Waals surface area contributed by atoms with Crippen molar-refractivity contribution in [2.24, 2.45) is 5.92 Å². The molecule has 2 fully saturated rings. The van der Waals surface area contributed by atoms with Crippen LogP contribution in [-0.2, 0) is 4.74 Å². The van der Waals surface area contributed by atoms with Gasteiger partial charge in [-0.2, -0.15) is 0 Å². The standard InChI is InChI=1S/C14H28N2O/c1-11(2)17-8-7-16-10-14(3,4)15-9-13(16)12-5-6-12/h11-13,15H,5-10H2,1-4H3. The Morgan fingerprint density at radius 1 is 1.35 bits per heavy atom. The first-order valence-corrected chi connectivity index (χ1v) is 7.08. The highest BCUT2D eigenvalue weighted by molar-refractivity contribution is 4.98. The Kier molecular flexibility index (Phi) is 4.11. The number of nitrogens with zero attached hydrogens (tertiary/aromatic N) is 1. The Bertz CT molecular complexity index is 249. The first-order chi connectivity index (χ1) is 7.98. The van der Waals surface area contributed by atoms with E-state index in [2.05, 4.69) is 37.9 Å². The normalized spacial score (nSPS) is 29.8. The lowest BCUT2D eigenvalue weighted by Gasteiger charge is -2.45. The molecule has 2 aliphatic rings. The first kappa shape index (κ1) is 13.3. The van der Waals surface area contributed by atoms with Crippen molar-refractivity contribution in [2.75, 3.05) is 26.2 Å². The number of hydrogen-bond acceptors (Lipinski definition) is 3. The fourth-order valence-corrected chi connectivity index (χ4v) is 2.79. The summed E-state index contributed by atoms with van der Waals surface area (Å²) in [6.45, 7) is 13.1. The zero-order valence-electron chi connectivity index (χ0n) is 11.8. The van der Waals surface area contributed by atoms with Gasteiger partial charge in [-0.1, -0.05) is 0 Å². The van der Waals surface area contributed by atoms with Crippen LogP contribution >= 0.6 is 0 Å². The highest BCUT2D eigenvalue weighted by atomic mass is 16.5. The molecule has 0 bridgehead atoms. The number of rotatable bonds is 5. The SMILES string of the molecule is CC(C)OCCN1CC(C)(C)NCC1C1CC1. The van der Waals surface area contributed by atoms with E-state index in [1.54, 1.807) is 0 Å². The summed E-state index contributed by atoms with van der Waals surface area (Å²) in [7, 11) is 0. The van der Waals surface area contributed by atoms with Crippen molar-refractivity contribution >= 4 is 0 Å². The molecule has 1 aliphatic heterocycles. The zero-order valence-corrected chi connectivity index (χ0v) is 11.8.